The zero-order valence-corrected chi connectivity index (χ0v) is 4.52. The third-order valence-corrected chi connectivity index (χ3v) is 1.62. The van der Waals surface area contributed by atoms with Gasteiger partial charge in [0.1, 0.15) is 6.17 Å². The van der Waals surface area contributed by atoms with Crippen LogP contribution in [-0.4, -0.2) is 17.2 Å². The minimum absolute atomic E-state index is 0.183. The van der Waals surface area contributed by atoms with Gasteiger partial charge in [0.05, 0.1) is 5.41 Å². The summed E-state index contributed by atoms with van der Waals surface area (Å²) in [5, 5.41) is 8.24. The van der Waals surface area contributed by atoms with E-state index in [0.29, 0.717) is 0 Å². The fourth-order valence-electron chi connectivity index (χ4n) is 0.535. The molecule has 3 heteroatoms. The molecule has 0 aromatic heterocycles. The van der Waals surface area contributed by atoms with Crippen molar-refractivity contribution in [1.29, 1.82) is 0 Å². The highest BCUT2D eigenvalue weighted by Gasteiger charge is 2.57. The molecule has 0 spiro atoms. The van der Waals surface area contributed by atoms with Crippen molar-refractivity contribution in [1.82, 2.24) is 0 Å². The lowest BCUT2D eigenvalue weighted by Gasteiger charge is -1.95. The van der Waals surface area contributed by atoms with Crippen LogP contribution in [0.2, 0.25) is 0 Å². The lowest BCUT2D eigenvalue weighted by molar-refractivity contribution is -0.143. The molecule has 1 rings (SSSR count). The predicted octanol–water partition coefficient (Wildman–Crippen LogP) is 0.819. The summed E-state index contributed by atoms with van der Waals surface area (Å²) >= 11 is 0. The maximum Gasteiger partial charge on any atom is 0.312 e. The maximum absolute atomic E-state index is 12.0. The van der Waals surface area contributed by atoms with Gasteiger partial charge in [-0.2, -0.15) is 0 Å². The second kappa shape index (κ2) is 1.21. The molecule has 1 aliphatic rings. The van der Waals surface area contributed by atoms with E-state index in [2.05, 4.69) is 0 Å². The van der Waals surface area contributed by atoms with Crippen LogP contribution >= 0.6 is 0 Å². The quantitative estimate of drug-likeness (QED) is 0.553. The number of carbonyl (C=O) groups is 1. The first-order chi connectivity index (χ1) is 3.57. The smallest absolute Gasteiger partial charge is 0.312 e. The van der Waals surface area contributed by atoms with Gasteiger partial charge < -0.3 is 5.11 Å². The Bertz CT molecular complexity index is 134. The summed E-state index contributed by atoms with van der Waals surface area (Å²) in [6, 6.07) is 0. The summed E-state index contributed by atoms with van der Waals surface area (Å²) in [5.41, 5.74) is -1.04. The van der Waals surface area contributed by atoms with Gasteiger partial charge in [-0.3, -0.25) is 4.79 Å². The molecule has 0 bridgehead atoms. The highest BCUT2D eigenvalue weighted by molar-refractivity contribution is 5.78. The van der Waals surface area contributed by atoms with Crippen molar-refractivity contribution in [2.75, 3.05) is 0 Å². The van der Waals surface area contributed by atoms with Gasteiger partial charge in [0.15, 0.2) is 0 Å². The van der Waals surface area contributed by atoms with E-state index in [4.69, 9.17) is 5.11 Å². The molecule has 0 saturated heterocycles. The molecule has 0 heterocycles. The minimum atomic E-state index is -1.11. The van der Waals surface area contributed by atoms with E-state index in [1.54, 1.807) is 0 Å². The van der Waals surface area contributed by atoms with E-state index < -0.39 is 17.6 Å². The molecule has 2 nitrogen and oxygen atoms in total. The molecular weight excluding hydrogens is 111 g/mol. The first-order valence-corrected chi connectivity index (χ1v) is 2.45. The van der Waals surface area contributed by atoms with Crippen molar-refractivity contribution in [2.45, 2.75) is 19.5 Å². The number of hydrogen-bond donors (Lipinski definition) is 1. The van der Waals surface area contributed by atoms with Crippen LogP contribution in [0.1, 0.15) is 13.3 Å². The summed E-state index contributed by atoms with van der Waals surface area (Å²) in [6.45, 7) is 1.42. The topological polar surface area (TPSA) is 37.3 Å². The van der Waals surface area contributed by atoms with Gasteiger partial charge in [0.2, 0.25) is 0 Å². The number of hydrogen-bond acceptors (Lipinski definition) is 1. The van der Waals surface area contributed by atoms with Gasteiger partial charge in [-0.15, -0.1) is 0 Å². The van der Waals surface area contributed by atoms with Crippen molar-refractivity contribution in [3.63, 3.8) is 0 Å². The molecule has 46 valence electrons. The normalized spacial score (nSPS) is 44.0. The fourth-order valence-corrected chi connectivity index (χ4v) is 0.535. The fraction of sp³-hybridized carbons (Fsp3) is 0.800. The molecule has 1 unspecified atom stereocenters. The van der Waals surface area contributed by atoms with Gasteiger partial charge in [-0.05, 0) is 13.3 Å². The minimum Gasteiger partial charge on any atom is -0.481 e. The highest BCUT2D eigenvalue weighted by atomic mass is 19.1. The Kier molecular flexibility index (Phi) is 0.840. The lowest BCUT2D eigenvalue weighted by Crippen LogP contribution is -2.12. The van der Waals surface area contributed by atoms with E-state index in [1.165, 1.54) is 6.92 Å². The Balaban J connectivity index is 2.60. The second-order valence-electron chi connectivity index (χ2n) is 2.39. The Hall–Kier alpha value is -0.600. The van der Waals surface area contributed by atoms with E-state index >= 15 is 0 Å². The summed E-state index contributed by atoms with van der Waals surface area (Å²) in [4.78, 5) is 10.1. The van der Waals surface area contributed by atoms with E-state index in [0.717, 1.165) is 0 Å². The van der Waals surface area contributed by atoms with E-state index in [1.807, 2.05) is 0 Å². The first-order valence-electron chi connectivity index (χ1n) is 2.45. The molecule has 0 amide bonds. The third-order valence-electron chi connectivity index (χ3n) is 1.62. The van der Waals surface area contributed by atoms with Crippen LogP contribution in [0.4, 0.5) is 4.39 Å². The van der Waals surface area contributed by atoms with Crippen LogP contribution in [0.3, 0.4) is 0 Å². The SMILES string of the molecule is C[C@]1(C(=O)O)CC1F. The van der Waals surface area contributed by atoms with Crippen molar-refractivity contribution in [3.8, 4) is 0 Å². The molecule has 1 fully saturated rings. The molecule has 1 saturated carbocycles. The largest absolute Gasteiger partial charge is 0.481 e. The lowest BCUT2D eigenvalue weighted by atomic mass is 10.1. The molecule has 1 aliphatic carbocycles. The monoisotopic (exact) mass is 118 g/mol. The zero-order valence-electron chi connectivity index (χ0n) is 4.52. The average molecular weight is 118 g/mol. The second-order valence-corrected chi connectivity index (χ2v) is 2.39. The Morgan fingerprint density at radius 1 is 2.00 bits per heavy atom. The number of halogens is 1. The number of carboxylic acids is 1. The van der Waals surface area contributed by atoms with Crippen LogP contribution in [0, 0.1) is 5.41 Å². The van der Waals surface area contributed by atoms with Gasteiger partial charge in [0, 0.05) is 0 Å². The van der Waals surface area contributed by atoms with Crippen molar-refractivity contribution in [2.24, 2.45) is 5.41 Å². The molecule has 0 aliphatic heterocycles. The average Bonchev–Trinajstić information content (AvgIpc) is 2.17. The maximum atomic E-state index is 12.0. The standard InChI is InChI=1S/C5H7FO2/c1-5(4(7)8)2-3(5)6/h3H,2H2,1H3,(H,7,8)/t3?,5-/m0/s1. The summed E-state index contributed by atoms with van der Waals surface area (Å²) in [7, 11) is 0. The number of alkyl halides is 1. The van der Waals surface area contributed by atoms with Crippen LogP contribution in [0.25, 0.3) is 0 Å². The Labute approximate surface area is 46.3 Å². The zero-order chi connectivity index (χ0) is 6.36. The Morgan fingerprint density at radius 3 is 2.38 bits per heavy atom. The van der Waals surface area contributed by atoms with Crippen LogP contribution in [0.15, 0.2) is 0 Å². The first kappa shape index (κ1) is 5.54. The summed E-state index contributed by atoms with van der Waals surface area (Å²) < 4.78 is 12.0. The molecular formula is C5H7FO2. The Morgan fingerprint density at radius 2 is 2.38 bits per heavy atom. The van der Waals surface area contributed by atoms with Gasteiger partial charge in [-0.1, -0.05) is 0 Å². The van der Waals surface area contributed by atoms with Gasteiger partial charge in [0.25, 0.3) is 0 Å². The molecule has 0 radical (unpaired) electrons. The van der Waals surface area contributed by atoms with Crippen molar-refractivity contribution in [3.05, 3.63) is 0 Å². The number of rotatable bonds is 1. The highest BCUT2D eigenvalue weighted by Crippen LogP contribution is 2.48. The van der Waals surface area contributed by atoms with Gasteiger partial charge in [-0.25, -0.2) is 4.39 Å². The summed E-state index contributed by atoms with van der Waals surface area (Å²) in [5.74, 6) is -1.02. The molecule has 2 atom stereocenters. The molecule has 0 aromatic carbocycles. The predicted molar refractivity (Wildman–Crippen MR) is 25.3 cm³/mol. The van der Waals surface area contributed by atoms with Crippen LogP contribution in [-0.2, 0) is 4.79 Å². The van der Waals surface area contributed by atoms with Crippen molar-refractivity contribution >= 4 is 5.97 Å². The number of aliphatic carboxylic acids is 1. The van der Waals surface area contributed by atoms with Crippen molar-refractivity contribution < 1.29 is 14.3 Å². The summed E-state index contributed by atoms with van der Waals surface area (Å²) in [6.07, 6.45) is -0.928. The number of carboxylic acid groups (broad SMARTS) is 1. The van der Waals surface area contributed by atoms with E-state index in [-0.39, 0.29) is 6.42 Å². The molecule has 0 aromatic rings. The van der Waals surface area contributed by atoms with Gasteiger partial charge >= 0.3 is 5.97 Å². The van der Waals surface area contributed by atoms with Crippen LogP contribution in [0.5, 0.6) is 0 Å². The third kappa shape index (κ3) is 0.504. The molecule has 1 N–H and O–H groups in total. The van der Waals surface area contributed by atoms with Crippen LogP contribution < -0.4 is 0 Å². The molecule has 8 heavy (non-hydrogen) atoms. The van der Waals surface area contributed by atoms with E-state index in [9.17, 15) is 9.18 Å².